The summed E-state index contributed by atoms with van der Waals surface area (Å²) in [6, 6.07) is 107. The van der Waals surface area contributed by atoms with Crippen molar-refractivity contribution in [2.24, 2.45) is 0 Å². The van der Waals surface area contributed by atoms with Crippen LogP contribution in [0.15, 0.2) is 296 Å². The predicted octanol–water partition coefficient (Wildman–Crippen LogP) is 24.0. The fraction of sp³-hybridized carbons (Fsp3) is 0.0732. The molecule has 15 aromatic rings. The molecular formula is C82H62N2O. The van der Waals surface area contributed by atoms with Crippen molar-refractivity contribution in [2.75, 3.05) is 9.80 Å². The van der Waals surface area contributed by atoms with E-state index in [-0.39, 0.29) is 5.92 Å². The Bertz CT molecular complexity index is 4910. The number of hydrogen-bond donors (Lipinski definition) is 0. The van der Waals surface area contributed by atoms with E-state index in [4.69, 9.17) is 4.42 Å². The Morgan fingerprint density at radius 3 is 1.13 bits per heavy atom. The van der Waals surface area contributed by atoms with Crippen LogP contribution in [0.4, 0.5) is 34.1 Å². The van der Waals surface area contributed by atoms with E-state index < -0.39 is 0 Å². The lowest BCUT2D eigenvalue weighted by Crippen LogP contribution is -2.11. The molecule has 1 heterocycles. The minimum Gasteiger partial charge on any atom is -0.454 e. The smallest absolute Gasteiger partial charge is 0.159 e. The average Bonchev–Trinajstić information content (AvgIpc) is 2.57. The van der Waals surface area contributed by atoms with Gasteiger partial charge in [-0.3, -0.25) is 0 Å². The number of benzene rings is 14. The number of para-hydroxylation sites is 4. The summed E-state index contributed by atoms with van der Waals surface area (Å²) in [6.07, 6.45) is 0. The van der Waals surface area contributed by atoms with E-state index in [0.717, 1.165) is 67.2 Å². The summed E-state index contributed by atoms with van der Waals surface area (Å²) in [7, 11) is 0. The first kappa shape index (κ1) is 51.4. The van der Waals surface area contributed by atoms with Crippen LogP contribution in [-0.2, 0) is 0 Å². The van der Waals surface area contributed by atoms with E-state index in [2.05, 4.69) is 323 Å². The van der Waals surface area contributed by atoms with Crippen LogP contribution in [0.5, 0.6) is 0 Å². The molecule has 0 radical (unpaired) electrons. The second-order valence-electron chi connectivity index (χ2n) is 23.1. The van der Waals surface area contributed by atoms with Crippen molar-refractivity contribution in [1.82, 2.24) is 0 Å². The Hall–Kier alpha value is -10.5. The molecule has 0 N–H and O–H groups in total. The number of fused-ring (bicyclic) bond motifs is 3. The van der Waals surface area contributed by atoms with E-state index in [9.17, 15) is 0 Å². The largest absolute Gasteiger partial charge is 0.454 e. The zero-order chi connectivity index (χ0) is 57.1. The molecular weight excluding hydrogens is 1030 g/mol. The lowest BCUT2D eigenvalue weighted by atomic mass is 9.81. The second kappa shape index (κ2) is 21.4. The maximum Gasteiger partial charge on any atom is 0.159 e. The minimum absolute atomic E-state index is 0.290. The number of hydrogen-bond acceptors (Lipinski definition) is 3. The van der Waals surface area contributed by atoms with Gasteiger partial charge in [0.25, 0.3) is 0 Å². The van der Waals surface area contributed by atoms with Crippen molar-refractivity contribution in [2.45, 2.75) is 39.5 Å². The van der Waals surface area contributed by atoms with Gasteiger partial charge in [-0.15, -0.1) is 0 Å². The lowest BCUT2D eigenvalue weighted by molar-refractivity contribution is 0.669. The zero-order valence-electron chi connectivity index (χ0n) is 48.2. The maximum absolute atomic E-state index is 6.78. The van der Waals surface area contributed by atoms with E-state index in [0.29, 0.717) is 5.92 Å². The van der Waals surface area contributed by atoms with Crippen molar-refractivity contribution in [1.29, 1.82) is 0 Å². The normalized spacial score (nSPS) is 11.7. The Kier molecular flexibility index (Phi) is 12.9. The first-order valence-corrected chi connectivity index (χ1v) is 29.8. The monoisotopic (exact) mass is 1090 g/mol. The van der Waals surface area contributed by atoms with E-state index in [1.807, 2.05) is 6.07 Å². The Morgan fingerprint density at radius 2 is 0.624 bits per heavy atom. The summed E-state index contributed by atoms with van der Waals surface area (Å²) >= 11 is 0. The average molecular weight is 1090 g/mol. The van der Waals surface area contributed by atoms with Gasteiger partial charge in [-0.25, -0.2) is 0 Å². The number of nitrogens with zero attached hydrogens (tertiary/aromatic N) is 2. The van der Waals surface area contributed by atoms with Gasteiger partial charge in [-0.1, -0.05) is 246 Å². The summed E-state index contributed by atoms with van der Waals surface area (Å²) < 4.78 is 6.78. The molecule has 14 aromatic carbocycles. The summed E-state index contributed by atoms with van der Waals surface area (Å²) in [6.45, 7) is 9.36. The van der Waals surface area contributed by atoms with E-state index >= 15 is 0 Å². The highest BCUT2D eigenvalue weighted by Gasteiger charge is 2.25. The van der Waals surface area contributed by atoms with Gasteiger partial charge in [0.15, 0.2) is 5.58 Å². The molecule has 0 saturated heterocycles. The van der Waals surface area contributed by atoms with Crippen LogP contribution < -0.4 is 9.80 Å². The highest BCUT2D eigenvalue weighted by atomic mass is 16.3. The van der Waals surface area contributed by atoms with Gasteiger partial charge < -0.3 is 14.2 Å². The predicted molar refractivity (Wildman–Crippen MR) is 362 cm³/mol. The zero-order valence-corrected chi connectivity index (χ0v) is 48.2. The van der Waals surface area contributed by atoms with E-state index in [1.54, 1.807) is 0 Å². The quantitative estimate of drug-likeness (QED) is 0.107. The molecule has 0 amide bonds. The Labute approximate surface area is 497 Å². The van der Waals surface area contributed by atoms with E-state index in [1.165, 1.54) is 88.0 Å². The van der Waals surface area contributed by atoms with Gasteiger partial charge >= 0.3 is 0 Å². The highest BCUT2D eigenvalue weighted by Crippen LogP contribution is 2.50. The van der Waals surface area contributed by atoms with Gasteiger partial charge in [-0.2, -0.15) is 0 Å². The van der Waals surface area contributed by atoms with Crippen LogP contribution >= 0.6 is 0 Å². The Balaban J connectivity index is 0.871. The van der Waals surface area contributed by atoms with Crippen LogP contribution in [0.25, 0.3) is 110 Å². The number of furan rings is 1. The SMILES string of the molecule is CC(C)c1cc(-c2ccc(N(c3ccc(-c4ccccc4)cc3)c3ccccc3-c3ccccc3)cc2)c2ccc3c(C(C)C)cc(-c4ccc(N(c5ccccc5-c5ccccc5)c5cccc6c5oc5ccccc56)cc4)c4ccc1c2c43. The summed E-state index contributed by atoms with van der Waals surface area (Å²) in [5, 5.41) is 10.0. The summed E-state index contributed by atoms with van der Waals surface area (Å²) in [5.74, 6) is 0.585. The molecule has 0 aliphatic rings. The maximum atomic E-state index is 6.78. The highest BCUT2D eigenvalue weighted by molar-refractivity contribution is 6.29. The standard InChI is InChI=1S/C82H62N2O/c1-53(2)72-51-74(59-37-43-62(44-38-59)83(61-41-35-56(36-42-61)55-21-8-5-9-22-55)76-31-17-14-27-64(76)57-23-10-6-11-24-57)69-49-47-68-73(54(3)4)52-75(70-50-48-67(72)80(69)81(68)70)60-39-45-63(46-40-60)84(77-32-18-15-28-65(77)58-25-12-7-13-26-58)78-33-20-30-71-66-29-16-19-34-79(66)85-82(71)78/h5-54H,1-4H3. The van der Waals surface area contributed by atoms with Crippen LogP contribution in [0.3, 0.4) is 0 Å². The fourth-order valence-corrected chi connectivity index (χ4v) is 13.3. The molecule has 1 aromatic heterocycles. The van der Waals surface area contributed by atoms with Crippen LogP contribution in [0, 0.1) is 0 Å². The molecule has 3 nitrogen and oxygen atoms in total. The first-order chi connectivity index (χ1) is 41.8. The minimum atomic E-state index is 0.290. The topological polar surface area (TPSA) is 19.6 Å². The lowest BCUT2D eigenvalue weighted by Gasteiger charge is -2.28. The van der Waals surface area contributed by atoms with Crippen LogP contribution in [0.2, 0.25) is 0 Å². The third-order valence-electron chi connectivity index (χ3n) is 17.4. The molecule has 0 saturated carbocycles. The summed E-state index contributed by atoms with van der Waals surface area (Å²) in [5.41, 5.74) is 22.7. The third-order valence-corrected chi connectivity index (χ3v) is 17.4. The fourth-order valence-electron chi connectivity index (χ4n) is 13.3. The molecule has 3 heteroatoms. The molecule has 0 unspecified atom stereocenters. The number of rotatable bonds is 13. The van der Waals surface area contributed by atoms with Gasteiger partial charge in [0.1, 0.15) is 5.58 Å². The number of anilines is 6. The molecule has 0 atom stereocenters. The Morgan fingerprint density at radius 1 is 0.259 bits per heavy atom. The molecule has 0 fully saturated rings. The second-order valence-corrected chi connectivity index (χ2v) is 23.1. The third kappa shape index (κ3) is 8.99. The van der Waals surface area contributed by atoms with Crippen molar-refractivity contribution >= 4 is 88.4 Å². The first-order valence-electron chi connectivity index (χ1n) is 29.8. The van der Waals surface area contributed by atoms with Crippen LogP contribution in [0.1, 0.15) is 50.7 Å². The van der Waals surface area contributed by atoms with Gasteiger partial charge in [-0.05, 0) is 173 Å². The van der Waals surface area contributed by atoms with Crippen molar-refractivity contribution in [3.8, 4) is 55.6 Å². The van der Waals surface area contributed by atoms with Gasteiger partial charge in [0, 0.05) is 39.0 Å². The molecule has 85 heavy (non-hydrogen) atoms. The van der Waals surface area contributed by atoms with Gasteiger partial charge in [0.05, 0.1) is 17.1 Å². The van der Waals surface area contributed by atoms with Crippen molar-refractivity contribution < 1.29 is 4.42 Å². The molecule has 15 rings (SSSR count). The van der Waals surface area contributed by atoms with Gasteiger partial charge in [0.2, 0.25) is 0 Å². The molecule has 0 bridgehead atoms. The van der Waals surface area contributed by atoms with Crippen molar-refractivity contribution in [3.63, 3.8) is 0 Å². The van der Waals surface area contributed by atoms with Crippen molar-refractivity contribution in [3.05, 3.63) is 302 Å². The summed E-state index contributed by atoms with van der Waals surface area (Å²) in [4.78, 5) is 4.79. The molecule has 0 aliphatic carbocycles. The molecule has 406 valence electrons. The molecule has 0 spiro atoms. The van der Waals surface area contributed by atoms with Crippen LogP contribution in [-0.4, -0.2) is 0 Å². The molecule has 0 aliphatic heterocycles.